The van der Waals surface area contributed by atoms with Crippen LogP contribution in [0.1, 0.15) is 43.2 Å². The van der Waals surface area contributed by atoms with Crippen molar-refractivity contribution in [2.45, 2.75) is 52.0 Å². The van der Waals surface area contributed by atoms with Gasteiger partial charge < -0.3 is 10.6 Å². The van der Waals surface area contributed by atoms with Gasteiger partial charge in [-0.25, -0.2) is 13.2 Å². The van der Waals surface area contributed by atoms with Gasteiger partial charge in [-0.05, 0) is 37.8 Å². The minimum absolute atomic E-state index is 0.211. The number of nitrogens with zero attached hydrogens (tertiary/aromatic N) is 1. The summed E-state index contributed by atoms with van der Waals surface area (Å²) >= 11 is 0. The van der Waals surface area contributed by atoms with Crippen molar-refractivity contribution in [3.8, 4) is 0 Å². The lowest BCUT2D eigenvalue weighted by molar-refractivity contribution is 0.233. The molecule has 0 aromatic heterocycles. The molecule has 140 valence electrons. The Hall–Kier alpha value is -1.76. The minimum atomic E-state index is -3.43. The molecule has 7 heteroatoms. The van der Waals surface area contributed by atoms with Gasteiger partial charge in [0.15, 0.2) is 0 Å². The first-order chi connectivity index (χ1) is 11.8. The van der Waals surface area contributed by atoms with Crippen molar-refractivity contribution in [3.05, 3.63) is 29.3 Å². The Labute approximate surface area is 151 Å². The number of aryl methyl sites for hydroxylation is 2. The van der Waals surface area contributed by atoms with Gasteiger partial charge >= 0.3 is 6.03 Å². The maximum absolute atomic E-state index is 12.2. The second kappa shape index (κ2) is 8.56. The summed E-state index contributed by atoms with van der Waals surface area (Å²) in [5, 5.41) is 5.76. The predicted molar refractivity (Wildman–Crippen MR) is 102 cm³/mol. The number of hydrogen-bond donors (Lipinski definition) is 2. The normalized spacial score (nSPS) is 15.6. The SMILES string of the molecule is Cc1cccc(C)c1N(CCNC(=O)NC1CCCCC1)S(C)(=O)=O. The third-order valence-electron chi connectivity index (χ3n) is 4.63. The zero-order valence-electron chi connectivity index (χ0n) is 15.3. The molecule has 1 aromatic rings. The second-order valence-electron chi connectivity index (χ2n) is 6.81. The second-order valence-corrected chi connectivity index (χ2v) is 8.72. The Bertz CT molecular complexity index is 677. The number of anilines is 1. The molecule has 2 N–H and O–H groups in total. The molecule has 0 spiro atoms. The highest BCUT2D eigenvalue weighted by Gasteiger charge is 2.21. The Morgan fingerprint density at radius 1 is 1.16 bits per heavy atom. The number of amides is 2. The first kappa shape index (κ1) is 19.6. The van der Waals surface area contributed by atoms with Crippen LogP contribution in [0, 0.1) is 13.8 Å². The molecule has 0 heterocycles. The number of urea groups is 1. The lowest BCUT2D eigenvalue weighted by Gasteiger charge is -2.27. The monoisotopic (exact) mass is 367 g/mol. The van der Waals surface area contributed by atoms with Crippen LogP contribution in [-0.2, 0) is 10.0 Å². The van der Waals surface area contributed by atoms with Gasteiger partial charge in [-0.3, -0.25) is 4.31 Å². The number of nitrogens with one attached hydrogen (secondary N) is 2. The molecule has 1 aromatic carbocycles. The summed E-state index contributed by atoms with van der Waals surface area (Å²) in [6, 6.07) is 5.71. The zero-order valence-corrected chi connectivity index (χ0v) is 16.2. The number of carbonyl (C=O) groups excluding carboxylic acids is 1. The fraction of sp³-hybridized carbons (Fsp3) is 0.611. The Morgan fingerprint density at radius 2 is 1.76 bits per heavy atom. The van der Waals surface area contributed by atoms with Gasteiger partial charge in [0.2, 0.25) is 10.0 Å². The number of benzene rings is 1. The molecule has 0 saturated heterocycles. The van der Waals surface area contributed by atoms with Gasteiger partial charge in [0.25, 0.3) is 0 Å². The number of sulfonamides is 1. The largest absolute Gasteiger partial charge is 0.336 e. The van der Waals surface area contributed by atoms with Gasteiger partial charge in [0, 0.05) is 12.6 Å². The van der Waals surface area contributed by atoms with Crippen LogP contribution < -0.4 is 14.9 Å². The molecule has 1 fully saturated rings. The molecule has 0 atom stereocenters. The average Bonchev–Trinajstić information content (AvgIpc) is 2.53. The third-order valence-corrected chi connectivity index (χ3v) is 5.80. The van der Waals surface area contributed by atoms with Crippen molar-refractivity contribution in [2.75, 3.05) is 23.7 Å². The lowest BCUT2D eigenvalue weighted by atomic mass is 9.96. The maximum Gasteiger partial charge on any atom is 0.315 e. The lowest BCUT2D eigenvalue weighted by Crippen LogP contribution is -2.46. The summed E-state index contributed by atoms with van der Waals surface area (Å²) in [4.78, 5) is 12.0. The van der Waals surface area contributed by atoms with Crippen LogP contribution >= 0.6 is 0 Å². The van der Waals surface area contributed by atoms with E-state index in [1.807, 2.05) is 32.0 Å². The van der Waals surface area contributed by atoms with Crippen molar-refractivity contribution in [3.63, 3.8) is 0 Å². The molecule has 2 amide bonds. The van der Waals surface area contributed by atoms with Gasteiger partial charge in [-0.2, -0.15) is 0 Å². The highest BCUT2D eigenvalue weighted by molar-refractivity contribution is 7.92. The highest BCUT2D eigenvalue weighted by Crippen LogP contribution is 2.26. The van der Waals surface area contributed by atoms with Crippen LogP contribution in [0.3, 0.4) is 0 Å². The molecule has 2 rings (SSSR count). The van der Waals surface area contributed by atoms with E-state index in [2.05, 4.69) is 10.6 Å². The maximum atomic E-state index is 12.2. The fourth-order valence-electron chi connectivity index (χ4n) is 3.40. The molecule has 6 nitrogen and oxygen atoms in total. The Kier molecular flexibility index (Phi) is 6.70. The topological polar surface area (TPSA) is 78.5 Å². The first-order valence-corrected chi connectivity index (χ1v) is 10.7. The summed E-state index contributed by atoms with van der Waals surface area (Å²) in [6.07, 6.45) is 6.77. The predicted octanol–water partition coefficient (Wildman–Crippen LogP) is 2.70. The standard InChI is InChI=1S/C18H29N3O3S/c1-14-8-7-9-15(2)17(14)21(25(3,23)24)13-12-19-18(22)20-16-10-5-4-6-11-16/h7-9,16H,4-6,10-13H2,1-3H3,(H2,19,20,22). The Balaban J connectivity index is 1.96. The van der Waals surface area contributed by atoms with Crippen molar-refractivity contribution in [1.82, 2.24) is 10.6 Å². The Morgan fingerprint density at radius 3 is 2.32 bits per heavy atom. The number of rotatable bonds is 6. The molecule has 0 radical (unpaired) electrons. The molecule has 1 aliphatic carbocycles. The van der Waals surface area contributed by atoms with Gasteiger partial charge in [0.1, 0.15) is 0 Å². The van der Waals surface area contributed by atoms with E-state index < -0.39 is 10.0 Å². The summed E-state index contributed by atoms with van der Waals surface area (Å²) in [5.74, 6) is 0. The van der Waals surface area contributed by atoms with E-state index in [0.717, 1.165) is 36.8 Å². The number of hydrogen-bond acceptors (Lipinski definition) is 3. The third kappa shape index (κ3) is 5.63. The van der Waals surface area contributed by atoms with Crippen LogP contribution in [0.5, 0.6) is 0 Å². The van der Waals surface area contributed by atoms with E-state index in [1.165, 1.54) is 17.0 Å². The summed E-state index contributed by atoms with van der Waals surface area (Å²) in [7, 11) is -3.43. The average molecular weight is 368 g/mol. The molecule has 1 saturated carbocycles. The number of carbonyl (C=O) groups is 1. The van der Waals surface area contributed by atoms with Crippen molar-refractivity contribution in [1.29, 1.82) is 0 Å². The van der Waals surface area contributed by atoms with Gasteiger partial charge in [-0.15, -0.1) is 0 Å². The van der Waals surface area contributed by atoms with E-state index in [4.69, 9.17) is 0 Å². The highest BCUT2D eigenvalue weighted by atomic mass is 32.2. The quantitative estimate of drug-likeness (QED) is 0.811. The van der Waals surface area contributed by atoms with Gasteiger partial charge in [0.05, 0.1) is 18.5 Å². The molecule has 0 aliphatic heterocycles. The van der Waals surface area contributed by atoms with Crippen LogP contribution in [-0.4, -0.2) is 39.8 Å². The molecular weight excluding hydrogens is 338 g/mol. The first-order valence-electron chi connectivity index (χ1n) is 8.87. The van der Waals surface area contributed by atoms with E-state index in [-0.39, 0.29) is 25.2 Å². The van der Waals surface area contributed by atoms with Crippen LogP contribution in [0.2, 0.25) is 0 Å². The zero-order chi connectivity index (χ0) is 18.4. The number of para-hydroxylation sites is 1. The summed E-state index contributed by atoms with van der Waals surface area (Å²) < 4.78 is 25.8. The van der Waals surface area contributed by atoms with Crippen molar-refractivity contribution in [2.24, 2.45) is 0 Å². The van der Waals surface area contributed by atoms with Crippen LogP contribution in [0.15, 0.2) is 18.2 Å². The summed E-state index contributed by atoms with van der Waals surface area (Å²) in [5.41, 5.74) is 2.49. The van der Waals surface area contributed by atoms with Gasteiger partial charge in [-0.1, -0.05) is 37.5 Å². The minimum Gasteiger partial charge on any atom is -0.336 e. The van der Waals surface area contributed by atoms with E-state index in [0.29, 0.717) is 5.69 Å². The molecule has 1 aliphatic rings. The molecule has 0 unspecified atom stereocenters. The van der Waals surface area contributed by atoms with Crippen molar-refractivity contribution < 1.29 is 13.2 Å². The van der Waals surface area contributed by atoms with Crippen LogP contribution in [0.25, 0.3) is 0 Å². The summed E-state index contributed by atoms with van der Waals surface area (Å²) in [6.45, 7) is 4.26. The fourth-order valence-corrected chi connectivity index (χ4v) is 4.44. The molecule has 25 heavy (non-hydrogen) atoms. The van der Waals surface area contributed by atoms with E-state index >= 15 is 0 Å². The van der Waals surface area contributed by atoms with Crippen LogP contribution in [0.4, 0.5) is 10.5 Å². The molecule has 0 bridgehead atoms. The smallest absolute Gasteiger partial charge is 0.315 e. The van der Waals surface area contributed by atoms with E-state index in [9.17, 15) is 13.2 Å². The van der Waals surface area contributed by atoms with Crippen molar-refractivity contribution >= 4 is 21.7 Å². The van der Waals surface area contributed by atoms with E-state index in [1.54, 1.807) is 0 Å². The molecular formula is C18H29N3O3S.